The predicted molar refractivity (Wildman–Crippen MR) is 55.2 cm³/mol. The molecule has 0 aliphatic carbocycles. The number of halogens is 1. The summed E-state index contributed by atoms with van der Waals surface area (Å²) in [6, 6.07) is 0. The van der Waals surface area contributed by atoms with Gasteiger partial charge in [0, 0.05) is 7.05 Å². The second kappa shape index (κ2) is 6.62. The molecule has 0 saturated carbocycles. The Bertz CT molecular complexity index is 209. The van der Waals surface area contributed by atoms with E-state index in [4.69, 9.17) is 0 Å². The van der Waals surface area contributed by atoms with Gasteiger partial charge in [0.15, 0.2) is 0 Å². The van der Waals surface area contributed by atoms with E-state index in [2.05, 4.69) is 4.74 Å². The number of nitrogens with zero attached hydrogens (tertiary/aromatic N) is 2. The molecule has 6 heteroatoms. The Kier molecular flexibility index (Phi) is 7.40. The Morgan fingerprint density at radius 1 is 1.21 bits per heavy atom. The lowest BCUT2D eigenvalue weighted by molar-refractivity contribution is -0.159. The SMILES string of the molecule is COC(=O)C(=O)N(C)C(C)N(C)C.Cl. The van der Waals surface area contributed by atoms with Crippen LogP contribution in [0.25, 0.3) is 0 Å². The summed E-state index contributed by atoms with van der Waals surface area (Å²) in [6.45, 7) is 1.82. The number of amides is 1. The van der Waals surface area contributed by atoms with E-state index in [1.165, 1.54) is 12.0 Å². The maximum atomic E-state index is 11.2. The molecule has 1 atom stereocenters. The third-order valence-electron chi connectivity index (χ3n) is 1.99. The Hall–Kier alpha value is -0.810. The van der Waals surface area contributed by atoms with Crippen LogP contribution in [0.3, 0.4) is 0 Å². The van der Waals surface area contributed by atoms with Gasteiger partial charge in [-0.25, -0.2) is 4.79 Å². The molecule has 0 fully saturated rings. The zero-order valence-electron chi connectivity index (χ0n) is 9.10. The number of carbonyl (C=O) groups is 2. The van der Waals surface area contributed by atoms with Crippen LogP contribution < -0.4 is 0 Å². The first kappa shape index (κ1) is 15.7. The van der Waals surface area contributed by atoms with Crippen molar-refractivity contribution in [2.45, 2.75) is 13.1 Å². The molecule has 0 bridgehead atoms. The van der Waals surface area contributed by atoms with Crippen LogP contribution in [-0.2, 0) is 14.3 Å². The van der Waals surface area contributed by atoms with Crippen molar-refractivity contribution in [3.05, 3.63) is 0 Å². The van der Waals surface area contributed by atoms with E-state index in [9.17, 15) is 9.59 Å². The van der Waals surface area contributed by atoms with Gasteiger partial charge in [-0.05, 0) is 21.0 Å². The Morgan fingerprint density at radius 3 is 1.93 bits per heavy atom. The highest BCUT2D eigenvalue weighted by atomic mass is 35.5. The molecule has 0 saturated heterocycles. The minimum absolute atomic E-state index is 0. The molecule has 0 aliphatic heterocycles. The van der Waals surface area contributed by atoms with Crippen LogP contribution in [0.4, 0.5) is 0 Å². The number of carbonyl (C=O) groups excluding carboxylic acids is 2. The van der Waals surface area contributed by atoms with Crippen LogP contribution in [0, 0.1) is 0 Å². The average molecular weight is 225 g/mol. The van der Waals surface area contributed by atoms with E-state index in [0.29, 0.717) is 0 Å². The standard InChI is InChI=1S/C8H16N2O3.ClH/c1-6(9(2)3)10(4)7(11)8(12)13-5;/h6H,1-5H3;1H. The van der Waals surface area contributed by atoms with E-state index in [1.54, 1.807) is 7.05 Å². The quantitative estimate of drug-likeness (QED) is 0.375. The molecule has 0 heterocycles. The highest BCUT2D eigenvalue weighted by Gasteiger charge is 2.24. The van der Waals surface area contributed by atoms with Crippen molar-refractivity contribution >= 4 is 24.3 Å². The largest absolute Gasteiger partial charge is 0.462 e. The van der Waals surface area contributed by atoms with Crippen molar-refractivity contribution in [1.82, 2.24) is 9.80 Å². The highest BCUT2D eigenvalue weighted by Crippen LogP contribution is 1.99. The summed E-state index contributed by atoms with van der Waals surface area (Å²) >= 11 is 0. The van der Waals surface area contributed by atoms with Crippen LogP contribution in [0.5, 0.6) is 0 Å². The maximum absolute atomic E-state index is 11.2. The molecule has 0 aromatic carbocycles. The highest BCUT2D eigenvalue weighted by molar-refractivity contribution is 6.32. The Morgan fingerprint density at radius 2 is 1.64 bits per heavy atom. The van der Waals surface area contributed by atoms with Gasteiger partial charge >= 0.3 is 11.9 Å². The fourth-order valence-corrected chi connectivity index (χ4v) is 0.747. The Labute approximate surface area is 90.4 Å². The normalized spacial score (nSPS) is 11.6. The van der Waals surface area contributed by atoms with Crippen LogP contribution in [-0.4, -0.2) is 56.1 Å². The summed E-state index contributed by atoms with van der Waals surface area (Å²) in [5.41, 5.74) is 0. The second-order valence-electron chi connectivity index (χ2n) is 3.00. The number of methoxy groups -OCH3 is 1. The monoisotopic (exact) mass is 224 g/mol. The fraction of sp³-hybridized carbons (Fsp3) is 0.750. The number of hydrogen-bond acceptors (Lipinski definition) is 4. The van der Waals surface area contributed by atoms with Crippen molar-refractivity contribution in [3.63, 3.8) is 0 Å². The van der Waals surface area contributed by atoms with Gasteiger partial charge in [-0.2, -0.15) is 0 Å². The maximum Gasteiger partial charge on any atom is 0.396 e. The van der Waals surface area contributed by atoms with Gasteiger partial charge in [0.05, 0.1) is 13.3 Å². The van der Waals surface area contributed by atoms with Crippen molar-refractivity contribution in [2.24, 2.45) is 0 Å². The number of likely N-dealkylation sites (N-methyl/N-ethyl adjacent to an activating group) is 1. The number of hydrogen-bond donors (Lipinski definition) is 0. The van der Waals surface area contributed by atoms with Gasteiger partial charge in [-0.1, -0.05) is 0 Å². The van der Waals surface area contributed by atoms with Crippen molar-refractivity contribution in [3.8, 4) is 0 Å². The molecule has 0 spiro atoms. The number of esters is 1. The molecule has 0 radical (unpaired) electrons. The Balaban J connectivity index is 0. The van der Waals surface area contributed by atoms with E-state index >= 15 is 0 Å². The molecule has 14 heavy (non-hydrogen) atoms. The molecule has 1 amide bonds. The lowest BCUT2D eigenvalue weighted by Crippen LogP contribution is -2.46. The van der Waals surface area contributed by atoms with Crippen LogP contribution in [0.1, 0.15) is 6.92 Å². The summed E-state index contributed by atoms with van der Waals surface area (Å²) in [5, 5.41) is 0. The molecule has 1 unspecified atom stereocenters. The average Bonchev–Trinajstić information content (AvgIpc) is 2.12. The molecular formula is C8H17ClN2O3. The fourth-order valence-electron chi connectivity index (χ4n) is 0.747. The molecule has 0 aromatic heterocycles. The van der Waals surface area contributed by atoms with Crippen molar-refractivity contribution < 1.29 is 14.3 Å². The van der Waals surface area contributed by atoms with Gasteiger partial charge < -0.3 is 9.64 Å². The topological polar surface area (TPSA) is 49.9 Å². The van der Waals surface area contributed by atoms with E-state index in [-0.39, 0.29) is 18.6 Å². The van der Waals surface area contributed by atoms with Crippen LogP contribution in [0.15, 0.2) is 0 Å². The van der Waals surface area contributed by atoms with Crippen molar-refractivity contribution in [2.75, 3.05) is 28.3 Å². The smallest absolute Gasteiger partial charge is 0.396 e. The van der Waals surface area contributed by atoms with E-state index in [0.717, 1.165) is 0 Å². The first-order valence-corrected chi connectivity index (χ1v) is 3.93. The van der Waals surface area contributed by atoms with Crippen molar-refractivity contribution in [1.29, 1.82) is 0 Å². The zero-order valence-corrected chi connectivity index (χ0v) is 9.92. The molecule has 5 nitrogen and oxygen atoms in total. The van der Waals surface area contributed by atoms with Crippen LogP contribution in [0.2, 0.25) is 0 Å². The molecule has 0 N–H and O–H groups in total. The summed E-state index contributed by atoms with van der Waals surface area (Å²) in [7, 11) is 6.40. The first-order valence-electron chi connectivity index (χ1n) is 3.93. The van der Waals surface area contributed by atoms with Gasteiger partial charge in [0.1, 0.15) is 0 Å². The third kappa shape index (κ3) is 3.93. The summed E-state index contributed by atoms with van der Waals surface area (Å²) < 4.78 is 4.31. The second-order valence-corrected chi connectivity index (χ2v) is 3.00. The lowest BCUT2D eigenvalue weighted by atomic mass is 10.4. The zero-order chi connectivity index (χ0) is 10.6. The van der Waals surface area contributed by atoms with E-state index < -0.39 is 11.9 Å². The summed E-state index contributed by atoms with van der Waals surface area (Å²) in [5.74, 6) is -1.47. The first-order chi connectivity index (χ1) is 5.91. The van der Waals surface area contributed by atoms with Gasteiger partial charge in [0.25, 0.3) is 0 Å². The summed E-state index contributed by atoms with van der Waals surface area (Å²) in [4.78, 5) is 25.2. The predicted octanol–water partition coefficient (Wildman–Crippen LogP) is -0.0528. The van der Waals surface area contributed by atoms with Crippen LogP contribution >= 0.6 is 12.4 Å². The van der Waals surface area contributed by atoms with Gasteiger partial charge in [-0.15, -0.1) is 12.4 Å². The molecular weight excluding hydrogens is 208 g/mol. The molecule has 0 aromatic rings. The number of ether oxygens (including phenoxy) is 1. The molecule has 84 valence electrons. The van der Waals surface area contributed by atoms with Gasteiger partial charge in [-0.3, -0.25) is 9.69 Å². The molecule has 0 rings (SSSR count). The number of rotatable bonds is 2. The summed E-state index contributed by atoms with van der Waals surface area (Å²) in [6.07, 6.45) is -0.133. The third-order valence-corrected chi connectivity index (χ3v) is 1.99. The van der Waals surface area contributed by atoms with E-state index in [1.807, 2.05) is 25.9 Å². The van der Waals surface area contributed by atoms with Gasteiger partial charge in [0.2, 0.25) is 0 Å². The lowest BCUT2D eigenvalue weighted by Gasteiger charge is -2.28. The minimum Gasteiger partial charge on any atom is -0.462 e. The molecule has 0 aliphatic rings. The minimum atomic E-state index is -0.837.